The highest BCUT2D eigenvalue weighted by atomic mass is 16.4. The van der Waals surface area contributed by atoms with Gasteiger partial charge in [0, 0.05) is 18.2 Å². The average Bonchev–Trinajstić information content (AvgIpc) is 2.73. The van der Waals surface area contributed by atoms with E-state index in [1.807, 2.05) is 0 Å². The smallest absolute Gasteiger partial charge is 0.139 e. The molecule has 2 aromatic rings. The minimum atomic E-state index is -1.84. The topological polar surface area (TPSA) is 191 Å². The number of hydrogen-bond acceptors (Lipinski definition) is 10. The lowest BCUT2D eigenvalue weighted by Crippen LogP contribution is -2.52. The van der Waals surface area contributed by atoms with Crippen LogP contribution in [0.4, 0.5) is 0 Å². The molecule has 2 rings (SSSR count). The molecule has 31 heavy (non-hydrogen) atoms. The molecular weight excluding hydrogens is 410 g/mol. The van der Waals surface area contributed by atoms with Gasteiger partial charge < -0.3 is 45.6 Å². The van der Waals surface area contributed by atoms with Gasteiger partial charge in [0.15, 0.2) is 0 Å². The molecule has 1 unspecified atom stereocenters. The number of aldehydes is 1. The summed E-state index contributed by atoms with van der Waals surface area (Å²) in [6.07, 6.45) is -4.50. The molecule has 0 fully saturated rings. The van der Waals surface area contributed by atoms with Crippen molar-refractivity contribution in [1.29, 1.82) is 0 Å². The first-order valence-corrected chi connectivity index (χ1v) is 9.57. The molecule has 0 radical (unpaired) electrons. The molecule has 0 spiro atoms. The number of aliphatic hydroxyl groups is 4. The highest BCUT2D eigenvalue weighted by molar-refractivity contribution is 5.59. The van der Waals surface area contributed by atoms with Crippen molar-refractivity contribution in [3.05, 3.63) is 47.5 Å². The number of phenols is 4. The Kier molecular flexibility index (Phi) is 8.60. The molecule has 9 N–H and O–H groups in total. The van der Waals surface area contributed by atoms with E-state index in [1.165, 1.54) is 12.1 Å². The lowest BCUT2D eigenvalue weighted by atomic mass is 9.94. The number of aliphatic hydroxyl groups excluding tert-OH is 4. The summed E-state index contributed by atoms with van der Waals surface area (Å²) in [6.45, 7) is -0.840. The van der Waals surface area contributed by atoms with Gasteiger partial charge >= 0.3 is 0 Å². The molecule has 0 aliphatic heterocycles. The molecule has 0 bridgehead atoms. The lowest BCUT2D eigenvalue weighted by molar-refractivity contribution is -0.121. The minimum Gasteiger partial charge on any atom is -0.508 e. The van der Waals surface area contributed by atoms with Crippen LogP contribution in [-0.4, -0.2) is 78.1 Å². The fourth-order valence-corrected chi connectivity index (χ4v) is 3.25. The fraction of sp³-hybridized carbons (Fsp3) is 0.381. The number of aryl methyl sites for hydroxylation is 1. The lowest BCUT2D eigenvalue weighted by Gasteiger charge is -2.30. The first-order chi connectivity index (χ1) is 14.7. The molecule has 0 aliphatic rings. The number of benzene rings is 2. The van der Waals surface area contributed by atoms with Crippen molar-refractivity contribution >= 4 is 6.29 Å². The molecule has 2 aromatic carbocycles. The predicted octanol–water partition coefficient (Wildman–Crippen LogP) is -0.585. The molecule has 0 saturated heterocycles. The quantitative estimate of drug-likeness (QED) is 0.205. The molecule has 170 valence electrons. The normalized spacial score (nSPS) is 16.3. The average molecular weight is 437 g/mol. The van der Waals surface area contributed by atoms with Crippen LogP contribution in [-0.2, 0) is 11.2 Å². The van der Waals surface area contributed by atoms with E-state index in [0.717, 1.165) is 17.7 Å². The summed E-state index contributed by atoms with van der Waals surface area (Å²) < 4.78 is 0. The van der Waals surface area contributed by atoms with Gasteiger partial charge in [-0.2, -0.15) is 0 Å². The van der Waals surface area contributed by atoms with Crippen molar-refractivity contribution in [2.24, 2.45) is 0 Å². The van der Waals surface area contributed by atoms with Gasteiger partial charge in [-0.1, -0.05) is 12.1 Å². The zero-order valence-electron chi connectivity index (χ0n) is 16.5. The number of hydrogen-bond donors (Lipinski definition) is 9. The number of phenolic OH excluding ortho intramolecular Hbond substituents is 4. The first kappa shape index (κ1) is 24.4. The minimum absolute atomic E-state index is 0.0483. The fourth-order valence-electron chi connectivity index (χ4n) is 3.25. The number of nitrogens with one attached hydrogen (secondary N) is 1. The maximum Gasteiger partial charge on any atom is 0.139 e. The third kappa shape index (κ3) is 6.29. The van der Waals surface area contributed by atoms with Gasteiger partial charge in [0.25, 0.3) is 0 Å². The number of rotatable bonds is 11. The molecule has 0 aromatic heterocycles. The van der Waals surface area contributed by atoms with Crippen molar-refractivity contribution in [2.75, 3.05) is 6.61 Å². The van der Waals surface area contributed by atoms with Gasteiger partial charge in [0.05, 0.1) is 18.2 Å². The molecule has 10 nitrogen and oxygen atoms in total. The van der Waals surface area contributed by atoms with Crippen LogP contribution >= 0.6 is 0 Å². The van der Waals surface area contributed by atoms with Crippen LogP contribution in [0.1, 0.15) is 23.6 Å². The van der Waals surface area contributed by atoms with Crippen molar-refractivity contribution in [2.45, 2.75) is 43.2 Å². The summed E-state index contributed by atoms with van der Waals surface area (Å²) in [4.78, 5) is 11.6. The predicted molar refractivity (Wildman–Crippen MR) is 109 cm³/mol. The van der Waals surface area contributed by atoms with Gasteiger partial charge in [-0.15, -0.1) is 0 Å². The first-order valence-electron chi connectivity index (χ1n) is 9.57. The van der Waals surface area contributed by atoms with Crippen LogP contribution in [0.25, 0.3) is 0 Å². The molecule has 0 saturated carbocycles. The zero-order chi connectivity index (χ0) is 23.1. The van der Waals surface area contributed by atoms with E-state index in [1.54, 1.807) is 12.1 Å². The Hall–Kier alpha value is -2.89. The maximum atomic E-state index is 11.6. The van der Waals surface area contributed by atoms with Crippen LogP contribution < -0.4 is 5.32 Å². The zero-order valence-corrected chi connectivity index (χ0v) is 16.5. The van der Waals surface area contributed by atoms with Crippen LogP contribution in [0.15, 0.2) is 36.4 Å². The van der Waals surface area contributed by atoms with Crippen LogP contribution in [0.5, 0.6) is 23.0 Å². The second kappa shape index (κ2) is 10.9. The SMILES string of the molecule is O=C[C@H](NC(CCc1ccc(O)cc1)c1c(O)cc(O)cc1O)[C@@H](O)[C@H](O)[C@H](O)CO. The largest absolute Gasteiger partial charge is 0.508 e. The van der Waals surface area contributed by atoms with Crippen LogP contribution in [0.2, 0.25) is 0 Å². The molecule has 5 atom stereocenters. The summed E-state index contributed by atoms with van der Waals surface area (Å²) in [5.41, 5.74) is 0.745. The molecule has 0 amide bonds. The second-order valence-corrected chi connectivity index (χ2v) is 7.22. The Morgan fingerprint density at radius 1 is 0.871 bits per heavy atom. The summed E-state index contributed by atoms with van der Waals surface area (Å²) in [7, 11) is 0. The molecule has 0 aliphatic carbocycles. The van der Waals surface area contributed by atoms with E-state index in [2.05, 4.69) is 5.32 Å². The van der Waals surface area contributed by atoms with Gasteiger partial charge in [-0.3, -0.25) is 5.32 Å². The van der Waals surface area contributed by atoms with Crippen LogP contribution in [0, 0.1) is 0 Å². The highest BCUT2D eigenvalue weighted by Crippen LogP contribution is 2.38. The Bertz CT molecular complexity index is 835. The Morgan fingerprint density at radius 3 is 1.97 bits per heavy atom. The molecular formula is C21H27NO9. The number of carbonyl (C=O) groups is 1. The van der Waals surface area contributed by atoms with Gasteiger partial charge in [0.1, 0.15) is 47.6 Å². The third-order valence-corrected chi connectivity index (χ3v) is 4.97. The standard InChI is InChI=1S/C21H27NO9/c23-9-15(20(30)21(31)18(29)10-24)22-14(6-3-11-1-4-12(25)5-2-11)19-16(27)7-13(26)8-17(19)28/h1-2,4-5,7-9,14-15,18,20-22,24-31H,3,6,10H2/t14?,15-,18+,20+,21+/m0/s1. The van der Waals surface area contributed by atoms with Crippen LogP contribution in [0.3, 0.4) is 0 Å². The third-order valence-electron chi connectivity index (χ3n) is 4.97. The van der Waals surface area contributed by atoms with Gasteiger partial charge in [-0.05, 0) is 30.5 Å². The number of aromatic hydroxyl groups is 4. The van der Waals surface area contributed by atoms with E-state index < -0.39 is 48.5 Å². The maximum absolute atomic E-state index is 11.6. The monoisotopic (exact) mass is 437 g/mol. The van der Waals surface area contributed by atoms with E-state index >= 15 is 0 Å². The van der Waals surface area contributed by atoms with E-state index in [9.17, 15) is 40.5 Å². The molecule has 0 heterocycles. The Labute approximate surface area is 178 Å². The summed E-state index contributed by atoms with van der Waals surface area (Å²) in [5, 5.41) is 81.0. The van der Waals surface area contributed by atoms with E-state index in [0.29, 0.717) is 12.7 Å². The Balaban J connectivity index is 2.32. The van der Waals surface area contributed by atoms with Gasteiger partial charge in [0.2, 0.25) is 0 Å². The summed E-state index contributed by atoms with van der Waals surface area (Å²) in [5.74, 6) is -1.23. The van der Waals surface area contributed by atoms with Crippen molar-refractivity contribution in [1.82, 2.24) is 5.32 Å². The van der Waals surface area contributed by atoms with Gasteiger partial charge in [-0.25, -0.2) is 0 Å². The van der Waals surface area contributed by atoms with Crippen molar-refractivity contribution in [3.63, 3.8) is 0 Å². The van der Waals surface area contributed by atoms with Crippen molar-refractivity contribution in [3.8, 4) is 23.0 Å². The van der Waals surface area contributed by atoms with E-state index in [4.69, 9.17) is 5.11 Å². The second-order valence-electron chi connectivity index (χ2n) is 7.22. The highest BCUT2D eigenvalue weighted by Gasteiger charge is 2.33. The Morgan fingerprint density at radius 2 is 1.45 bits per heavy atom. The number of carbonyl (C=O) groups excluding carboxylic acids is 1. The van der Waals surface area contributed by atoms with E-state index in [-0.39, 0.29) is 23.5 Å². The summed E-state index contributed by atoms with van der Waals surface area (Å²) in [6, 6.07) is 5.93. The summed E-state index contributed by atoms with van der Waals surface area (Å²) >= 11 is 0. The molecule has 10 heteroatoms. The van der Waals surface area contributed by atoms with Crippen molar-refractivity contribution < 1.29 is 45.6 Å².